The number of allylic oxidation sites excluding steroid dienone is 10. The van der Waals surface area contributed by atoms with Crippen molar-refractivity contribution in [3.8, 4) is 0 Å². The van der Waals surface area contributed by atoms with E-state index in [4.69, 9.17) is 4.74 Å². The second-order valence-electron chi connectivity index (χ2n) is 19.4. The molecule has 66 heavy (non-hydrogen) atoms. The third kappa shape index (κ3) is 48.0. The lowest BCUT2D eigenvalue weighted by molar-refractivity contribution is -0.151. The van der Waals surface area contributed by atoms with Crippen LogP contribution in [0.4, 0.5) is 0 Å². The quantitative estimate of drug-likeness (QED) is 0.0321. The number of esters is 1. The van der Waals surface area contributed by atoms with Crippen LogP contribution < -0.4 is 5.32 Å². The second-order valence-corrected chi connectivity index (χ2v) is 19.4. The molecule has 0 aromatic rings. The molecular weight excluding hydrogens is 815 g/mol. The Morgan fingerprint density at radius 1 is 0.439 bits per heavy atom. The normalized spacial score (nSPS) is 13.6. The van der Waals surface area contributed by atoms with E-state index in [1.54, 1.807) is 0 Å². The molecule has 0 radical (unpaired) electrons. The molecule has 0 aromatic carbocycles. The first-order chi connectivity index (χ1) is 32.5. The Hall–Kier alpha value is -2.44. The molecular formula is C60H109NO5. The van der Waals surface area contributed by atoms with Crippen LogP contribution in [0.25, 0.3) is 0 Å². The molecule has 1 amide bonds. The van der Waals surface area contributed by atoms with Gasteiger partial charge in [-0.25, -0.2) is 0 Å². The maximum atomic E-state index is 13.3. The van der Waals surface area contributed by atoms with Gasteiger partial charge in [-0.3, -0.25) is 9.59 Å². The van der Waals surface area contributed by atoms with E-state index in [0.717, 1.165) is 77.0 Å². The van der Waals surface area contributed by atoms with Gasteiger partial charge in [0, 0.05) is 6.42 Å². The van der Waals surface area contributed by atoms with Crippen LogP contribution in [0.1, 0.15) is 284 Å². The van der Waals surface area contributed by atoms with Crippen LogP contribution >= 0.6 is 0 Å². The molecule has 0 saturated carbocycles. The van der Waals surface area contributed by atoms with Crippen molar-refractivity contribution in [1.82, 2.24) is 5.32 Å². The average Bonchev–Trinajstić information content (AvgIpc) is 3.31. The highest BCUT2D eigenvalue weighted by Crippen LogP contribution is 2.18. The number of carbonyl (C=O) groups is 2. The van der Waals surface area contributed by atoms with Crippen molar-refractivity contribution < 1.29 is 24.5 Å². The summed E-state index contributed by atoms with van der Waals surface area (Å²) in [5.41, 5.74) is 0. The summed E-state index contributed by atoms with van der Waals surface area (Å²) in [4.78, 5) is 26.2. The highest BCUT2D eigenvalue weighted by atomic mass is 16.5. The van der Waals surface area contributed by atoms with E-state index < -0.39 is 18.2 Å². The summed E-state index contributed by atoms with van der Waals surface area (Å²) >= 11 is 0. The molecule has 0 aliphatic carbocycles. The van der Waals surface area contributed by atoms with Gasteiger partial charge in [-0.2, -0.15) is 0 Å². The molecule has 0 heterocycles. The molecule has 0 spiro atoms. The molecule has 0 rings (SSSR count). The molecule has 6 nitrogen and oxygen atoms in total. The first-order valence-corrected chi connectivity index (χ1v) is 28.6. The van der Waals surface area contributed by atoms with Gasteiger partial charge in [-0.1, -0.05) is 255 Å². The van der Waals surface area contributed by atoms with Crippen molar-refractivity contribution in [2.75, 3.05) is 6.61 Å². The van der Waals surface area contributed by atoms with Gasteiger partial charge >= 0.3 is 5.97 Å². The van der Waals surface area contributed by atoms with Crippen LogP contribution in [-0.4, -0.2) is 46.9 Å². The number of hydrogen-bond donors (Lipinski definition) is 3. The fourth-order valence-electron chi connectivity index (χ4n) is 8.54. The van der Waals surface area contributed by atoms with E-state index in [9.17, 15) is 19.8 Å². The lowest BCUT2D eigenvalue weighted by Gasteiger charge is -2.24. The predicted octanol–water partition coefficient (Wildman–Crippen LogP) is 17.6. The average molecular weight is 925 g/mol. The minimum absolute atomic E-state index is 0.0497. The van der Waals surface area contributed by atoms with Crippen molar-refractivity contribution in [2.24, 2.45) is 0 Å². The zero-order valence-corrected chi connectivity index (χ0v) is 43.8. The monoisotopic (exact) mass is 924 g/mol. The predicted molar refractivity (Wildman–Crippen MR) is 287 cm³/mol. The third-order valence-corrected chi connectivity index (χ3v) is 12.9. The van der Waals surface area contributed by atoms with Gasteiger partial charge < -0.3 is 20.3 Å². The van der Waals surface area contributed by atoms with Crippen LogP contribution in [-0.2, 0) is 14.3 Å². The Labute approximate surface area is 409 Å². The highest BCUT2D eigenvalue weighted by molar-refractivity contribution is 5.77. The zero-order chi connectivity index (χ0) is 48.1. The molecule has 0 fully saturated rings. The summed E-state index contributed by atoms with van der Waals surface area (Å²) in [6, 6.07) is -0.717. The molecule has 0 saturated heterocycles. The van der Waals surface area contributed by atoms with Crippen molar-refractivity contribution >= 4 is 11.9 Å². The Morgan fingerprint density at radius 3 is 1.21 bits per heavy atom. The summed E-state index contributed by atoms with van der Waals surface area (Å²) in [5, 5.41) is 23.9. The van der Waals surface area contributed by atoms with Crippen molar-refractivity contribution in [2.45, 2.75) is 302 Å². The highest BCUT2D eigenvalue weighted by Gasteiger charge is 2.24. The number of nitrogens with one attached hydrogen (secondary N) is 1. The first kappa shape index (κ1) is 63.6. The van der Waals surface area contributed by atoms with E-state index in [1.807, 2.05) is 0 Å². The standard InChI is InChI=1S/C60H109NO5/c1-4-7-10-13-16-19-22-25-28-31-33-36-39-42-45-48-51-56(66-60(65)53-50-47-44-41-38-35-30-27-24-21-18-15-12-9-6-3)54-59(64)61-57(55-62)58(63)52-49-46-43-40-37-34-32-29-26-23-20-17-14-11-8-5-2/h18,21-22,24-25,27-28,31,33,36,56-58,62-63H,4-17,19-20,23,26,29-30,32,34-35,37-55H2,1-3H3,(H,61,64)/b21-18+,25-22+,27-24+,31-28+,36-33+. The summed E-state index contributed by atoms with van der Waals surface area (Å²) in [6.45, 7) is 6.45. The molecule has 384 valence electrons. The van der Waals surface area contributed by atoms with Crippen molar-refractivity contribution in [1.29, 1.82) is 0 Å². The van der Waals surface area contributed by atoms with Crippen LogP contribution in [0.3, 0.4) is 0 Å². The maximum absolute atomic E-state index is 13.3. The van der Waals surface area contributed by atoms with E-state index >= 15 is 0 Å². The van der Waals surface area contributed by atoms with E-state index in [0.29, 0.717) is 19.3 Å². The van der Waals surface area contributed by atoms with Crippen molar-refractivity contribution in [3.05, 3.63) is 60.8 Å². The number of amides is 1. The Morgan fingerprint density at radius 2 is 0.773 bits per heavy atom. The molecule has 3 unspecified atom stereocenters. The number of aliphatic hydroxyl groups is 2. The van der Waals surface area contributed by atoms with Gasteiger partial charge in [0.1, 0.15) is 6.10 Å². The fourth-order valence-corrected chi connectivity index (χ4v) is 8.54. The minimum Gasteiger partial charge on any atom is -0.462 e. The third-order valence-electron chi connectivity index (χ3n) is 12.9. The number of ether oxygens (including phenoxy) is 1. The van der Waals surface area contributed by atoms with E-state index in [-0.39, 0.29) is 24.9 Å². The number of unbranched alkanes of at least 4 members (excludes halogenated alkanes) is 32. The van der Waals surface area contributed by atoms with Crippen molar-refractivity contribution in [3.63, 3.8) is 0 Å². The molecule has 3 atom stereocenters. The molecule has 0 aliphatic rings. The van der Waals surface area contributed by atoms with Crippen LogP contribution in [0.2, 0.25) is 0 Å². The lowest BCUT2D eigenvalue weighted by Crippen LogP contribution is -2.46. The van der Waals surface area contributed by atoms with E-state index in [1.165, 1.54) is 161 Å². The van der Waals surface area contributed by atoms with Crippen LogP contribution in [0.5, 0.6) is 0 Å². The SMILES string of the molecule is CCCCC/C=C/C=C/CCCCCCCCC(=O)OC(CCCCC/C=C/C=C/C=C/CCCCCCC)CC(=O)NC(CO)C(O)CCCCCCCCCCCCCCCCCC. The number of aliphatic hydroxyl groups excluding tert-OH is 2. The Kier molecular flexibility index (Phi) is 51.5. The first-order valence-electron chi connectivity index (χ1n) is 28.6. The lowest BCUT2D eigenvalue weighted by atomic mass is 10.0. The minimum atomic E-state index is -0.801. The second kappa shape index (κ2) is 53.5. The van der Waals surface area contributed by atoms with E-state index in [2.05, 4.69) is 86.8 Å². The summed E-state index contributed by atoms with van der Waals surface area (Å²) in [5.74, 6) is -0.515. The summed E-state index contributed by atoms with van der Waals surface area (Å²) in [7, 11) is 0. The maximum Gasteiger partial charge on any atom is 0.306 e. The number of hydrogen-bond acceptors (Lipinski definition) is 5. The Balaban J connectivity index is 4.63. The van der Waals surface area contributed by atoms with Crippen LogP contribution in [0, 0.1) is 0 Å². The van der Waals surface area contributed by atoms with Gasteiger partial charge in [-0.05, 0) is 77.0 Å². The number of carbonyl (C=O) groups excluding carboxylic acids is 2. The smallest absolute Gasteiger partial charge is 0.306 e. The molecule has 0 aromatic heterocycles. The fraction of sp³-hybridized carbons (Fsp3) is 0.800. The molecule has 0 aliphatic heterocycles. The largest absolute Gasteiger partial charge is 0.462 e. The number of rotatable bonds is 51. The van der Waals surface area contributed by atoms with Gasteiger partial charge in [-0.15, -0.1) is 0 Å². The molecule has 3 N–H and O–H groups in total. The molecule has 0 bridgehead atoms. The summed E-state index contributed by atoms with van der Waals surface area (Å²) in [6.07, 6.45) is 67.1. The van der Waals surface area contributed by atoms with Gasteiger partial charge in [0.2, 0.25) is 5.91 Å². The molecule has 6 heteroatoms. The Bertz CT molecular complexity index is 1170. The van der Waals surface area contributed by atoms with Gasteiger partial charge in [0.15, 0.2) is 0 Å². The zero-order valence-electron chi connectivity index (χ0n) is 43.8. The summed E-state index contributed by atoms with van der Waals surface area (Å²) < 4.78 is 5.94. The van der Waals surface area contributed by atoms with Gasteiger partial charge in [0.05, 0.1) is 25.2 Å². The van der Waals surface area contributed by atoms with Crippen LogP contribution in [0.15, 0.2) is 60.8 Å². The topological polar surface area (TPSA) is 95.9 Å². The van der Waals surface area contributed by atoms with Gasteiger partial charge in [0.25, 0.3) is 0 Å².